The Balaban J connectivity index is 1.53. The molecule has 26 heavy (non-hydrogen) atoms. The van der Waals surface area contributed by atoms with Gasteiger partial charge in [-0.05, 0) is 50.9 Å². The van der Waals surface area contributed by atoms with Gasteiger partial charge >= 0.3 is 6.03 Å². The lowest BCUT2D eigenvalue weighted by molar-refractivity contribution is -0.120. The fraction of sp³-hybridized carbons (Fsp3) is 0.526. The van der Waals surface area contributed by atoms with Gasteiger partial charge in [0.1, 0.15) is 0 Å². The van der Waals surface area contributed by atoms with Crippen LogP contribution in [0.1, 0.15) is 42.5 Å². The SMILES string of the molecule is O=C1CCN(c2ccccc2C(=O)N[C@H]2CCCN3CCC[C@@H]23)C(=O)N1. The summed E-state index contributed by atoms with van der Waals surface area (Å²) in [7, 11) is 0. The van der Waals surface area contributed by atoms with Crippen LogP contribution in [0.2, 0.25) is 0 Å². The number of fused-ring (bicyclic) bond motifs is 1. The smallest absolute Gasteiger partial charge is 0.328 e. The van der Waals surface area contributed by atoms with Crippen LogP contribution < -0.4 is 15.5 Å². The average Bonchev–Trinajstić information content (AvgIpc) is 3.12. The van der Waals surface area contributed by atoms with Gasteiger partial charge in [-0.1, -0.05) is 12.1 Å². The topological polar surface area (TPSA) is 81.8 Å². The average molecular weight is 356 g/mol. The van der Waals surface area contributed by atoms with Crippen molar-refractivity contribution in [2.75, 3.05) is 24.5 Å². The number of hydrogen-bond donors (Lipinski definition) is 2. The molecule has 3 heterocycles. The Hall–Kier alpha value is -2.41. The zero-order chi connectivity index (χ0) is 18.1. The Morgan fingerprint density at radius 2 is 1.85 bits per heavy atom. The molecule has 0 aromatic heterocycles. The fourth-order valence-electron chi connectivity index (χ4n) is 4.40. The molecule has 1 aromatic carbocycles. The predicted molar refractivity (Wildman–Crippen MR) is 97.0 cm³/mol. The van der Waals surface area contributed by atoms with E-state index in [1.165, 1.54) is 11.3 Å². The number of nitrogens with zero attached hydrogens (tertiary/aromatic N) is 2. The van der Waals surface area contributed by atoms with E-state index >= 15 is 0 Å². The highest BCUT2D eigenvalue weighted by atomic mass is 16.2. The van der Waals surface area contributed by atoms with E-state index in [-0.39, 0.29) is 30.8 Å². The van der Waals surface area contributed by atoms with Crippen molar-refractivity contribution in [2.45, 2.75) is 44.2 Å². The zero-order valence-corrected chi connectivity index (χ0v) is 14.7. The lowest BCUT2D eigenvalue weighted by Gasteiger charge is -2.37. The van der Waals surface area contributed by atoms with Crippen molar-refractivity contribution in [1.82, 2.24) is 15.5 Å². The van der Waals surface area contributed by atoms with E-state index in [2.05, 4.69) is 15.5 Å². The van der Waals surface area contributed by atoms with Crippen molar-refractivity contribution < 1.29 is 14.4 Å². The molecule has 3 aliphatic rings. The minimum atomic E-state index is -0.471. The summed E-state index contributed by atoms with van der Waals surface area (Å²) in [5.41, 5.74) is 1.03. The Labute approximate surface area is 152 Å². The number of piperidine rings is 1. The van der Waals surface area contributed by atoms with E-state index in [1.807, 2.05) is 0 Å². The Morgan fingerprint density at radius 3 is 2.65 bits per heavy atom. The van der Waals surface area contributed by atoms with Gasteiger partial charge in [0.2, 0.25) is 5.91 Å². The molecule has 3 fully saturated rings. The van der Waals surface area contributed by atoms with E-state index in [9.17, 15) is 14.4 Å². The van der Waals surface area contributed by atoms with Crippen molar-refractivity contribution >= 4 is 23.5 Å². The number of carbonyl (C=O) groups is 3. The molecular formula is C19H24N4O3. The second-order valence-corrected chi connectivity index (χ2v) is 7.24. The summed E-state index contributed by atoms with van der Waals surface area (Å²) in [6, 6.07) is 7.21. The van der Waals surface area contributed by atoms with Gasteiger partial charge in [0.05, 0.1) is 11.3 Å². The number of rotatable bonds is 3. The number of imide groups is 1. The molecule has 0 radical (unpaired) electrons. The fourth-order valence-corrected chi connectivity index (χ4v) is 4.40. The van der Waals surface area contributed by atoms with Gasteiger partial charge in [-0.3, -0.25) is 24.7 Å². The third-order valence-electron chi connectivity index (χ3n) is 5.65. The second-order valence-electron chi connectivity index (χ2n) is 7.24. The second kappa shape index (κ2) is 7.07. The van der Waals surface area contributed by atoms with Crippen molar-refractivity contribution in [3.05, 3.63) is 29.8 Å². The van der Waals surface area contributed by atoms with Crippen LogP contribution in [0.25, 0.3) is 0 Å². The van der Waals surface area contributed by atoms with E-state index in [0.29, 0.717) is 17.3 Å². The van der Waals surface area contributed by atoms with Gasteiger partial charge in [-0.15, -0.1) is 0 Å². The summed E-state index contributed by atoms with van der Waals surface area (Å²) in [5.74, 6) is -0.430. The molecule has 3 aliphatic heterocycles. The first-order chi connectivity index (χ1) is 12.6. The molecule has 1 aromatic rings. The number of nitrogens with one attached hydrogen (secondary N) is 2. The number of para-hydroxylation sites is 1. The van der Waals surface area contributed by atoms with Crippen LogP contribution in [0.3, 0.4) is 0 Å². The summed E-state index contributed by atoms with van der Waals surface area (Å²) in [6.07, 6.45) is 4.65. The molecule has 0 unspecified atom stereocenters. The minimum Gasteiger partial charge on any atom is -0.348 e. The van der Waals surface area contributed by atoms with E-state index in [1.54, 1.807) is 24.3 Å². The van der Waals surface area contributed by atoms with Gasteiger partial charge in [-0.2, -0.15) is 0 Å². The first-order valence-corrected chi connectivity index (χ1v) is 9.39. The molecule has 0 aliphatic carbocycles. The van der Waals surface area contributed by atoms with Crippen LogP contribution in [-0.2, 0) is 4.79 Å². The van der Waals surface area contributed by atoms with Gasteiger partial charge in [0.15, 0.2) is 0 Å². The molecule has 0 bridgehead atoms. The number of urea groups is 1. The summed E-state index contributed by atoms with van der Waals surface area (Å²) >= 11 is 0. The van der Waals surface area contributed by atoms with Crippen LogP contribution in [-0.4, -0.2) is 54.5 Å². The lowest BCUT2D eigenvalue weighted by atomic mass is 9.96. The van der Waals surface area contributed by atoms with E-state index in [4.69, 9.17) is 0 Å². The highest BCUT2D eigenvalue weighted by Crippen LogP contribution is 2.28. The van der Waals surface area contributed by atoms with Gasteiger partial charge in [0, 0.05) is 25.0 Å². The molecule has 2 N–H and O–H groups in total. The van der Waals surface area contributed by atoms with Gasteiger partial charge < -0.3 is 5.32 Å². The number of carbonyl (C=O) groups excluding carboxylic acids is 3. The molecule has 0 saturated carbocycles. The quantitative estimate of drug-likeness (QED) is 0.860. The molecule has 7 nitrogen and oxygen atoms in total. The summed E-state index contributed by atoms with van der Waals surface area (Å²) in [6.45, 7) is 2.53. The highest BCUT2D eigenvalue weighted by molar-refractivity contribution is 6.09. The maximum atomic E-state index is 13.0. The number of benzene rings is 1. The molecule has 138 valence electrons. The first kappa shape index (κ1) is 17.0. The van der Waals surface area contributed by atoms with Crippen molar-refractivity contribution in [2.24, 2.45) is 0 Å². The van der Waals surface area contributed by atoms with E-state index < -0.39 is 6.03 Å². The first-order valence-electron chi connectivity index (χ1n) is 9.39. The number of amides is 4. The molecule has 0 spiro atoms. The molecule has 7 heteroatoms. The zero-order valence-electron chi connectivity index (χ0n) is 14.7. The number of hydrogen-bond acceptors (Lipinski definition) is 4. The van der Waals surface area contributed by atoms with Crippen LogP contribution in [0, 0.1) is 0 Å². The summed E-state index contributed by atoms with van der Waals surface area (Å²) in [5, 5.41) is 5.52. The molecular weight excluding hydrogens is 332 g/mol. The predicted octanol–water partition coefficient (Wildman–Crippen LogP) is 1.49. The van der Waals surface area contributed by atoms with Crippen molar-refractivity contribution in [3.8, 4) is 0 Å². The third kappa shape index (κ3) is 3.19. The van der Waals surface area contributed by atoms with Crippen molar-refractivity contribution in [3.63, 3.8) is 0 Å². The normalized spacial score (nSPS) is 26.4. The summed E-state index contributed by atoms with van der Waals surface area (Å²) < 4.78 is 0. The maximum Gasteiger partial charge on any atom is 0.328 e. The Morgan fingerprint density at radius 1 is 1.08 bits per heavy atom. The maximum absolute atomic E-state index is 13.0. The molecule has 2 atom stereocenters. The van der Waals surface area contributed by atoms with Crippen LogP contribution >= 0.6 is 0 Å². The van der Waals surface area contributed by atoms with Crippen LogP contribution in [0.4, 0.5) is 10.5 Å². The van der Waals surface area contributed by atoms with Crippen molar-refractivity contribution in [1.29, 1.82) is 0 Å². The van der Waals surface area contributed by atoms with Crippen LogP contribution in [0.5, 0.6) is 0 Å². The minimum absolute atomic E-state index is 0.149. The standard InChI is InChI=1S/C19H24N4O3/c24-17-9-12-23(19(26)21-17)15-7-2-1-5-13(15)18(25)20-14-6-3-10-22-11-4-8-16(14)22/h1-2,5,7,14,16H,3-4,6,8-12H2,(H,20,25)(H,21,24,26)/t14-,16-/m0/s1. The monoisotopic (exact) mass is 356 g/mol. The molecule has 4 rings (SSSR count). The highest BCUT2D eigenvalue weighted by Gasteiger charge is 2.36. The molecule has 3 saturated heterocycles. The van der Waals surface area contributed by atoms with Gasteiger partial charge in [0.25, 0.3) is 5.91 Å². The Kier molecular flexibility index (Phi) is 4.63. The van der Waals surface area contributed by atoms with E-state index in [0.717, 1.165) is 32.4 Å². The lowest BCUT2D eigenvalue weighted by Crippen LogP contribution is -2.53. The largest absolute Gasteiger partial charge is 0.348 e. The van der Waals surface area contributed by atoms with Crippen LogP contribution in [0.15, 0.2) is 24.3 Å². The molecule has 4 amide bonds. The van der Waals surface area contributed by atoms with Gasteiger partial charge in [-0.25, -0.2) is 4.79 Å². The Bertz CT molecular complexity index is 735. The summed E-state index contributed by atoms with van der Waals surface area (Å²) in [4.78, 5) is 40.5. The number of anilines is 1. The third-order valence-corrected chi connectivity index (χ3v) is 5.65.